The maximum atomic E-state index is 9.18. The third-order valence-corrected chi connectivity index (χ3v) is 0.881. The van der Waals surface area contributed by atoms with E-state index in [1.807, 2.05) is 0 Å². The fraction of sp³-hybridized carbons (Fsp3) is 1.00. The summed E-state index contributed by atoms with van der Waals surface area (Å²) in [5.41, 5.74) is -2.80. The average Bonchev–Trinajstić information content (AvgIpc) is 1.81. The molecule has 0 aromatic carbocycles. The van der Waals surface area contributed by atoms with Crippen molar-refractivity contribution in [2.45, 2.75) is 18.6 Å². The molecule has 0 unspecified atom stereocenters. The van der Waals surface area contributed by atoms with Crippen LogP contribution < -0.4 is 0 Å². The zero-order valence-corrected chi connectivity index (χ0v) is 4.87. The first-order chi connectivity index (χ1) is 5.40. The maximum Gasteiger partial charge on any atom is 0.113 e. The molecule has 4 nitrogen and oxygen atoms in total. The standard InChI is InChI=1S/C5H12O4/c1-5(9,3-7)4(8)2-6/h4,6-9H,2-3H2,1H3/t4-,5+/m1/s1/i2D2,3D2. The molecule has 4 N–H and O–H groups in total. The van der Waals surface area contributed by atoms with E-state index in [1.54, 1.807) is 0 Å². The van der Waals surface area contributed by atoms with Crippen LogP contribution in [0.5, 0.6) is 0 Å². The van der Waals surface area contributed by atoms with E-state index in [1.165, 1.54) is 0 Å². The van der Waals surface area contributed by atoms with Gasteiger partial charge >= 0.3 is 0 Å². The molecule has 0 aromatic rings. The number of aliphatic hydroxyl groups excluding tert-OH is 1. The lowest BCUT2D eigenvalue weighted by Gasteiger charge is -2.24. The van der Waals surface area contributed by atoms with E-state index in [9.17, 15) is 5.11 Å². The number of rotatable bonds is 3. The molecule has 0 fully saturated rings. The Morgan fingerprint density at radius 3 is 2.22 bits per heavy atom. The third kappa shape index (κ3) is 2.28. The molecule has 0 rings (SSSR count). The van der Waals surface area contributed by atoms with Gasteiger partial charge in [0.05, 0.1) is 18.6 Å². The van der Waals surface area contributed by atoms with Crippen molar-refractivity contribution in [3.63, 3.8) is 0 Å². The van der Waals surface area contributed by atoms with Crippen molar-refractivity contribution >= 4 is 0 Å². The molecule has 56 valence electrons. The summed E-state index contributed by atoms with van der Waals surface area (Å²) in [6.45, 7) is -5.74. The van der Waals surface area contributed by atoms with Gasteiger partial charge in [-0.05, 0) is 6.92 Å². The smallest absolute Gasteiger partial charge is 0.113 e. The average molecular weight is 140 g/mol. The van der Waals surface area contributed by atoms with Crippen LogP contribution in [0.4, 0.5) is 0 Å². The minimum absolute atomic E-state index is 0.672. The van der Waals surface area contributed by atoms with Crippen molar-refractivity contribution in [3.8, 4) is 0 Å². The molecule has 0 aliphatic rings. The second-order valence-corrected chi connectivity index (χ2v) is 1.79. The van der Waals surface area contributed by atoms with Crippen LogP contribution in [-0.2, 0) is 0 Å². The summed E-state index contributed by atoms with van der Waals surface area (Å²) in [6.07, 6.45) is -2.46. The maximum absolute atomic E-state index is 9.18. The molecule has 0 radical (unpaired) electrons. The molecule has 0 spiro atoms. The van der Waals surface area contributed by atoms with Crippen molar-refractivity contribution in [2.75, 3.05) is 13.1 Å². The van der Waals surface area contributed by atoms with Crippen molar-refractivity contribution in [1.29, 1.82) is 0 Å². The molecule has 0 bridgehead atoms. The summed E-state index contributed by atoms with van der Waals surface area (Å²) in [5.74, 6) is 0. The van der Waals surface area contributed by atoms with E-state index in [-0.39, 0.29) is 0 Å². The van der Waals surface area contributed by atoms with Gasteiger partial charge in [-0.1, -0.05) is 0 Å². The first-order valence-electron chi connectivity index (χ1n) is 4.26. The molecule has 0 heterocycles. The lowest BCUT2D eigenvalue weighted by molar-refractivity contribution is -0.108. The Morgan fingerprint density at radius 1 is 1.67 bits per heavy atom. The number of aliphatic hydroxyl groups is 4. The van der Waals surface area contributed by atoms with Crippen LogP contribution in [0.15, 0.2) is 0 Å². The summed E-state index contributed by atoms with van der Waals surface area (Å²) in [5, 5.41) is 35.5. The zero-order chi connectivity index (χ0) is 11.1. The van der Waals surface area contributed by atoms with Crippen LogP contribution in [-0.4, -0.2) is 45.2 Å². The van der Waals surface area contributed by atoms with E-state index in [0.717, 1.165) is 0 Å². The van der Waals surface area contributed by atoms with Crippen molar-refractivity contribution in [2.24, 2.45) is 0 Å². The first-order valence-corrected chi connectivity index (χ1v) is 2.26. The van der Waals surface area contributed by atoms with Crippen molar-refractivity contribution in [1.82, 2.24) is 0 Å². The summed E-state index contributed by atoms with van der Waals surface area (Å²) < 4.78 is 26.6. The molecule has 0 aromatic heterocycles. The van der Waals surface area contributed by atoms with Crippen LogP contribution in [0.1, 0.15) is 12.4 Å². The quantitative estimate of drug-likeness (QED) is 0.368. The highest BCUT2D eigenvalue weighted by atomic mass is 16.4. The fourth-order valence-corrected chi connectivity index (χ4v) is 0.187. The normalized spacial score (nSPS) is 30.8. The van der Waals surface area contributed by atoms with Gasteiger partial charge in [0, 0.05) is 0 Å². The van der Waals surface area contributed by atoms with Gasteiger partial charge < -0.3 is 20.4 Å². The largest absolute Gasteiger partial charge is 0.394 e. The van der Waals surface area contributed by atoms with Gasteiger partial charge in [0.2, 0.25) is 0 Å². The predicted octanol–water partition coefficient (Wildman–Crippen LogP) is -1.92. The van der Waals surface area contributed by atoms with Crippen molar-refractivity contribution in [3.05, 3.63) is 0 Å². The van der Waals surface area contributed by atoms with E-state index in [4.69, 9.17) is 20.8 Å². The van der Waals surface area contributed by atoms with E-state index >= 15 is 0 Å². The summed E-state index contributed by atoms with van der Waals surface area (Å²) >= 11 is 0. The summed E-state index contributed by atoms with van der Waals surface area (Å²) in [4.78, 5) is 0. The summed E-state index contributed by atoms with van der Waals surface area (Å²) in [7, 11) is 0. The third-order valence-electron chi connectivity index (χ3n) is 0.881. The van der Waals surface area contributed by atoms with Crippen LogP contribution in [0.2, 0.25) is 0 Å². The SMILES string of the molecule is [2H]C([2H])(O)[C@@H](O)[C@@](C)(O)C([2H])([2H])O. The lowest BCUT2D eigenvalue weighted by Crippen LogP contribution is -2.44. The van der Waals surface area contributed by atoms with Gasteiger partial charge in [0.25, 0.3) is 0 Å². The van der Waals surface area contributed by atoms with Crippen molar-refractivity contribution < 1.29 is 25.9 Å². The zero-order valence-electron chi connectivity index (χ0n) is 8.87. The highest BCUT2D eigenvalue weighted by Gasteiger charge is 2.28. The second kappa shape index (κ2) is 3.12. The molecule has 0 aliphatic heterocycles. The minimum atomic E-state index is -3.22. The molecular weight excluding hydrogens is 124 g/mol. The van der Waals surface area contributed by atoms with E-state index in [2.05, 4.69) is 0 Å². The Labute approximate surface area is 59.0 Å². The van der Waals surface area contributed by atoms with E-state index < -0.39 is 24.8 Å². The van der Waals surface area contributed by atoms with Gasteiger partial charge in [-0.2, -0.15) is 0 Å². The highest BCUT2D eigenvalue weighted by Crippen LogP contribution is 2.06. The minimum Gasteiger partial charge on any atom is -0.394 e. The Morgan fingerprint density at radius 2 is 2.11 bits per heavy atom. The monoisotopic (exact) mass is 140 g/mol. The predicted molar refractivity (Wildman–Crippen MR) is 30.8 cm³/mol. The van der Waals surface area contributed by atoms with Gasteiger partial charge in [-0.25, -0.2) is 0 Å². The van der Waals surface area contributed by atoms with Gasteiger partial charge in [0.15, 0.2) is 0 Å². The molecule has 0 aliphatic carbocycles. The highest BCUT2D eigenvalue weighted by molar-refractivity contribution is 4.79. The van der Waals surface area contributed by atoms with E-state index in [0.29, 0.717) is 6.92 Å². The van der Waals surface area contributed by atoms with Crippen LogP contribution in [0.3, 0.4) is 0 Å². The lowest BCUT2D eigenvalue weighted by atomic mass is 10.0. The second-order valence-electron chi connectivity index (χ2n) is 1.79. The Bertz CT molecular complexity index is 182. The van der Waals surface area contributed by atoms with Gasteiger partial charge in [0.1, 0.15) is 11.7 Å². The Kier molecular flexibility index (Phi) is 1.34. The number of hydrogen-bond donors (Lipinski definition) is 4. The van der Waals surface area contributed by atoms with Crippen LogP contribution in [0.25, 0.3) is 0 Å². The summed E-state index contributed by atoms with van der Waals surface area (Å²) in [6, 6.07) is 0. The molecule has 0 saturated carbocycles. The Hall–Kier alpha value is -0.160. The topological polar surface area (TPSA) is 80.9 Å². The first kappa shape index (κ1) is 3.88. The molecule has 4 heteroatoms. The molecule has 2 atom stereocenters. The fourth-order valence-electron chi connectivity index (χ4n) is 0.187. The van der Waals surface area contributed by atoms with Gasteiger partial charge in [-0.3, -0.25) is 0 Å². The molecule has 9 heavy (non-hydrogen) atoms. The molecule has 0 saturated heterocycles. The van der Waals surface area contributed by atoms with Gasteiger partial charge in [-0.15, -0.1) is 0 Å². The van der Waals surface area contributed by atoms with Crippen LogP contribution >= 0.6 is 0 Å². The number of hydrogen-bond acceptors (Lipinski definition) is 4. The van der Waals surface area contributed by atoms with Crippen LogP contribution in [0, 0.1) is 0 Å². The Balaban J connectivity index is 4.86. The molecular formula is C5H12O4. The molecule has 0 amide bonds.